The standard InChI is InChI=1S/C21H29ClN4O/c1-4-11-25-12-9-18(10-13-25)23-21(27)20-15(2)24-26(16(20)3)14-17-7-5-6-8-19(17)22/h5-8,18H,4,9-14H2,1-3H3,(H,23,27). The second-order valence-electron chi connectivity index (χ2n) is 7.38. The fourth-order valence-electron chi connectivity index (χ4n) is 3.84. The third-order valence-electron chi connectivity index (χ3n) is 5.35. The number of piperidine rings is 1. The number of likely N-dealkylation sites (tertiary alicyclic amines) is 1. The van der Waals surface area contributed by atoms with Crippen LogP contribution in [0.1, 0.15) is 53.5 Å². The van der Waals surface area contributed by atoms with Crippen molar-refractivity contribution in [3.8, 4) is 0 Å². The van der Waals surface area contributed by atoms with Crippen LogP contribution in [0.3, 0.4) is 0 Å². The summed E-state index contributed by atoms with van der Waals surface area (Å²) in [6.45, 7) is 9.89. The third-order valence-corrected chi connectivity index (χ3v) is 5.72. The van der Waals surface area contributed by atoms with Crippen LogP contribution in [-0.4, -0.2) is 46.3 Å². The molecular weight excluding hydrogens is 360 g/mol. The lowest BCUT2D eigenvalue weighted by molar-refractivity contribution is 0.0910. The molecule has 1 aromatic carbocycles. The molecule has 1 N–H and O–H groups in total. The normalized spacial score (nSPS) is 15.9. The highest BCUT2D eigenvalue weighted by atomic mass is 35.5. The Morgan fingerprint density at radius 3 is 2.63 bits per heavy atom. The molecule has 27 heavy (non-hydrogen) atoms. The number of nitrogens with zero attached hydrogens (tertiary/aromatic N) is 3. The Morgan fingerprint density at radius 1 is 1.26 bits per heavy atom. The zero-order valence-corrected chi connectivity index (χ0v) is 17.2. The summed E-state index contributed by atoms with van der Waals surface area (Å²) in [6.07, 6.45) is 3.20. The molecular formula is C21H29ClN4O. The summed E-state index contributed by atoms with van der Waals surface area (Å²) in [5.41, 5.74) is 3.34. The SMILES string of the molecule is CCCN1CCC(NC(=O)c2c(C)nn(Cc3ccccc3Cl)c2C)CC1. The van der Waals surface area contributed by atoms with E-state index in [4.69, 9.17) is 11.6 Å². The molecule has 1 amide bonds. The molecule has 5 nitrogen and oxygen atoms in total. The third kappa shape index (κ3) is 4.71. The summed E-state index contributed by atoms with van der Waals surface area (Å²) in [7, 11) is 0. The molecule has 146 valence electrons. The monoisotopic (exact) mass is 388 g/mol. The van der Waals surface area contributed by atoms with E-state index in [9.17, 15) is 4.79 Å². The number of aryl methyl sites for hydroxylation is 1. The van der Waals surface area contributed by atoms with Gasteiger partial charge in [0.2, 0.25) is 0 Å². The number of aromatic nitrogens is 2. The Morgan fingerprint density at radius 2 is 1.96 bits per heavy atom. The van der Waals surface area contributed by atoms with Gasteiger partial charge in [-0.05, 0) is 51.3 Å². The van der Waals surface area contributed by atoms with Crippen LogP contribution in [0.4, 0.5) is 0 Å². The molecule has 0 saturated carbocycles. The molecule has 0 atom stereocenters. The van der Waals surface area contributed by atoms with Crippen LogP contribution in [0, 0.1) is 13.8 Å². The molecule has 1 saturated heterocycles. The molecule has 1 aliphatic rings. The van der Waals surface area contributed by atoms with E-state index in [2.05, 4.69) is 22.2 Å². The minimum Gasteiger partial charge on any atom is -0.349 e. The predicted octanol–water partition coefficient (Wildman–Crippen LogP) is 3.81. The van der Waals surface area contributed by atoms with Crippen molar-refractivity contribution in [2.75, 3.05) is 19.6 Å². The smallest absolute Gasteiger partial charge is 0.255 e. The second-order valence-corrected chi connectivity index (χ2v) is 7.79. The zero-order chi connectivity index (χ0) is 19.4. The van der Waals surface area contributed by atoms with Gasteiger partial charge >= 0.3 is 0 Å². The zero-order valence-electron chi connectivity index (χ0n) is 16.5. The van der Waals surface area contributed by atoms with Crippen molar-refractivity contribution >= 4 is 17.5 Å². The highest BCUT2D eigenvalue weighted by molar-refractivity contribution is 6.31. The number of rotatable bonds is 6. The van der Waals surface area contributed by atoms with Gasteiger partial charge in [0, 0.05) is 29.8 Å². The predicted molar refractivity (Wildman–Crippen MR) is 109 cm³/mol. The molecule has 1 aliphatic heterocycles. The quantitative estimate of drug-likeness (QED) is 0.818. The van der Waals surface area contributed by atoms with Gasteiger partial charge in [0.1, 0.15) is 0 Å². The molecule has 0 spiro atoms. The lowest BCUT2D eigenvalue weighted by Crippen LogP contribution is -2.45. The average Bonchev–Trinajstić information content (AvgIpc) is 2.92. The summed E-state index contributed by atoms with van der Waals surface area (Å²) in [5.74, 6) is -0.00986. The Labute approximate surface area is 166 Å². The van der Waals surface area contributed by atoms with E-state index in [1.807, 2.05) is 42.8 Å². The Kier molecular flexibility index (Phi) is 6.55. The van der Waals surface area contributed by atoms with Crippen molar-refractivity contribution in [2.45, 2.75) is 52.6 Å². The fraction of sp³-hybridized carbons (Fsp3) is 0.524. The van der Waals surface area contributed by atoms with E-state index in [0.29, 0.717) is 12.1 Å². The van der Waals surface area contributed by atoms with Gasteiger partial charge in [-0.15, -0.1) is 0 Å². The molecule has 6 heteroatoms. The van der Waals surface area contributed by atoms with Crippen LogP contribution in [0.2, 0.25) is 5.02 Å². The molecule has 0 unspecified atom stereocenters. The summed E-state index contributed by atoms with van der Waals surface area (Å²) in [6, 6.07) is 7.99. The first-order chi connectivity index (χ1) is 13.0. The molecule has 2 heterocycles. The summed E-state index contributed by atoms with van der Waals surface area (Å²) >= 11 is 6.27. The van der Waals surface area contributed by atoms with Crippen LogP contribution in [0.5, 0.6) is 0 Å². The van der Waals surface area contributed by atoms with Gasteiger partial charge < -0.3 is 10.2 Å². The maximum atomic E-state index is 12.9. The number of carbonyl (C=O) groups is 1. The molecule has 3 rings (SSSR count). The van der Waals surface area contributed by atoms with Gasteiger partial charge in [-0.1, -0.05) is 36.7 Å². The van der Waals surface area contributed by atoms with Crippen LogP contribution in [-0.2, 0) is 6.54 Å². The van der Waals surface area contributed by atoms with Crippen LogP contribution < -0.4 is 5.32 Å². The van der Waals surface area contributed by atoms with Crippen molar-refractivity contribution in [1.29, 1.82) is 0 Å². The first-order valence-corrected chi connectivity index (χ1v) is 10.2. The summed E-state index contributed by atoms with van der Waals surface area (Å²) in [5, 5.41) is 8.53. The van der Waals surface area contributed by atoms with Crippen molar-refractivity contribution < 1.29 is 4.79 Å². The highest BCUT2D eigenvalue weighted by Gasteiger charge is 2.24. The topological polar surface area (TPSA) is 50.2 Å². The molecule has 0 aliphatic carbocycles. The van der Waals surface area contributed by atoms with E-state index < -0.39 is 0 Å². The number of benzene rings is 1. The number of halogens is 1. The molecule has 0 bridgehead atoms. The van der Waals surface area contributed by atoms with E-state index >= 15 is 0 Å². The van der Waals surface area contributed by atoms with E-state index in [-0.39, 0.29) is 11.9 Å². The van der Waals surface area contributed by atoms with Crippen molar-refractivity contribution in [3.63, 3.8) is 0 Å². The highest BCUT2D eigenvalue weighted by Crippen LogP contribution is 2.20. The molecule has 1 aromatic heterocycles. The van der Waals surface area contributed by atoms with Gasteiger partial charge in [-0.2, -0.15) is 5.10 Å². The first-order valence-electron chi connectivity index (χ1n) is 9.80. The molecule has 2 aromatic rings. The van der Waals surface area contributed by atoms with Gasteiger partial charge in [-0.3, -0.25) is 9.48 Å². The molecule has 0 radical (unpaired) electrons. The Balaban J connectivity index is 1.67. The van der Waals surface area contributed by atoms with Crippen molar-refractivity contribution in [2.24, 2.45) is 0 Å². The summed E-state index contributed by atoms with van der Waals surface area (Å²) in [4.78, 5) is 15.4. The fourth-order valence-corrected chi connectivity index (χ4v) is 4.04. The minimum atomic E-state index is -0.00986. The van der Waals surface area contributed by atoms with Crippen LogP contribution >= 0.6 is 11.6 Å². The van der Waals surface area contributed by atoms with Gasteiger partial charge in [0.15, 0.2) is 0 Å². The first kappa shape index (κ1) is 19.9. The maximum absolute atomic E-state index is 12.9. The van der Waals surface area contributed by atoms with Crippen LogP contribution in [0.15, 0.2) is 24.3 Å². The van der Waals surface area contributed by atoms with E-state index in [0.717, 1.165) is 54.4 Å². The van der Waals surface area contributed by atoms with E-state index in [1.54, 1.807) is 0 Å². The van der Waals surface area contributed by atoms with Gasteiger partial charge in [-0.25, -0.2) is 0 Å². The van der Waals surface area contributed by atoms with Gasteiger partial charge in [0.05, 0.1) is 17.8 Å². The number of carbonyl (C=O) groups excluding carboxylic acids is 1. The summed E-state index contributed by atoms with van der Waals surface area (Å²) < 4.78 is 1.87. The second kappa shape index (κ2) is 8.89. The lowest BCUT2D eigenvalue weighted by atomic mass is 10.0. The van der Waals surface area contributed by atoms with Gasteiger partial charge in [0.25, 0.3) is 5.91 Å². The number of amides is 1. The molecule has 1 fully saturated rings. The average molecular weight is 389 g/mol. The maximum Gasteiger partial charge on any atom is 0.255 e. The Bertz CT molecular complexity index is 793. The Hall–Kier alpha value is -1.85. The number of hydrogen-bond acceptors (Lipinski definition) is 3. The van der Waals surface area contributed by atoms with E-state index in [1.165, 1.54) is 6.42 Å². The number of hydrogen-bond donors (Lipinski definition) is 1. The lowest BCUT2D eigenvalue weighted by Gasteiger charge is -2.32. The minimum absolute atomic E-state index is 0.00986. The largest absolute Gasteiger partial charge is 0.349 e. The van der Waals surface area contributed by atoms with Crippen molar-refractivity contribution in [3.05, 3.63) is 51.8 Å². The van der Waals surface area contributed by atoms with Crippen LogP contribution in [0.25, 0.3) is 0 Å². The van der Waals surface area contributed by atoms with Crippen molar-refractivity contribution in [1.82, 2.24) is 20.0 Å². The number of nitrogens with one attached hydrogen (secondary N) is 1.